The van der Waals surface area contributed by atoms with E-state index in [1.54, 1.807) is 9.97 Å². The normalized spacial score (nSPS) is 14.1. The first-order valence-corrected chi connectivity index (χ1v) is 24.5. The third-order valence-electron chi connectivity index (χ3n) is 7.08. The topological polar surface area (TPSA) is 492 Å². The molecule has 56 heavy (non-hydrogen) atoms. The Morgan fingerprint density at radius 3 is 0.821 bits per heavy atom. The molecule has 0 saturated carbocycles. The molecular weight excluding hydrogens is 937 g/mol. The average molecular weight is 951 g/mol. The summed E-state index contributed by atoms with van der Waals surface area (Å²) in [6.07, 6.45) is 0. The highest BCUT2D eigenvalue weighted by Gasteiger charge is 2.44. The molecule has 0 aliphatic carbocycles. The molecule has 2 heterocycles. The minimum atomic E-state index is -6.48. The van der Waals surface area contributed by atoms with Gasteiger partial charge in [0, 0.05) is 11.1 Å². The van der Waals surface area contributed by atoms with Crippen molar-refractivity contribution in [3.8, 4) is 22.3 Å². The first-order chi connectivity index (χ1) is 24.9. The van der Waals surface area contributed by atoms with Crippen LogP contribution >= 0.6 is 0 Å². The molecule has 0 unspecified atom stereocenters. The van der Waals surface area contributed by atoms with Gasteiger partial charge in [-0.15, -0.1) is 0 Å². The van der Waals surface area contributed by atoms with E-state index in [1.807, 2.05) is 0 Å². The van der Waals surface area contributed by atoms with Crippen molar-refractivity contribution in [1.82, 2.24) is 19.9 Å². The fraction of sp³-hybridized carbons (Fsp3) is 0. The van der Waals surface area contributed by atoms with Gasteiger partial charge < -0.3 is 9.97 Å². The molecule has 3 aromatic carbocycles. The number of H-pyrrole nitrogens is 2. The summed E-state index contributed by atoms with van der Waals surface area (Å²) in [5.74, 6) is 0. The van der Waals surface area contributed by atoms with Crippen molar-refractivity contribution in [2.24, 2.45) is 0 Å². The van der Waals surface area contributed by atoms with Gasteiger partial charge in [0.1, 0.15) is 40.4 Å². The molecule has 0 aliphatic heterocycles. The molecule has 0 atom stereocenters. The van der Waals surface area contributed by atoms with Crippen LogP contribution < -0.4 is 0 Å². The number of aromatic amines is 2. The number of hydrogen-bond acceptors (Lipinski definition) is 18. The fourth-order valence-corrected chi connectivity index (χ4v) is 13.3. The minimum Gasteiger partial charge on any atom is -0.326 e. The second kappa shape index (κ2) is 12.7. The lowest BCUT2D eigenvalue weighted by atomic mass is 9.93. The lowest BCUT2D eigenvalue weighted by Gasteiger charge is -2.20. The maximum atomic E-state index is 13.0. The van der Waals surface area contributed by atoms with Crippen LogP contribution in [0.1, 0.15) is 0 Å². The average Bonchev–Trinajstić information content (AvgIpc) is 3.61. The van der Waals surface area contributed by atoms with E-state index in [4.69, 9.17) is 0 Å². The lowest BCUT2D eigenvalue weighted by molar-refractivity contribution is 0.457. The van der Waals surface area contributed by atoms with Crippen LogP contribution in [0.4, 0.5) is 0 Å². The molecule has 5 aromatic rings. The van der Waals surface area contributed by atoms with Gasteiger partial charge in [-0.05, 0) is 11.1 Å². The van der Waals surface area contributed by atoms with E-state index in [0.29, 0.717) is 12.1 Å². The van der Waals surface area contributed by atoms with Gasteiger partial charge in [0.2, 0.25) is 0 Å². The molecule has 36 heteroatoms. The Morgan fingerprint density at radius 2 is 0.607 bits per heavy atom. The standard InChI is InChI=1S/C20H14N4O24S8/c25-49(26,27)13-7(9-11(23-19(21-9)55(43,44)45)15(51(31,32)33)17(13)53(37,38)39)5-3-1-2-4-6(5)8-10-12(24-20(22-10)56(46,47)48)16(52(34,35)36)18(54(40,41)42)14(8)50(28,29)30/h1-4H,(H,21,23)(H,22,24)(H,25,26,27)(H,28,29,30)(H,31,32,33)(H,34,35,36)(H,37,38,39)(H,40,41,42)(H,43,44,45)(H,46,47,48). The van der Waals surface area contributed by atoms with Gasteiger partial charge in [0.15, 0.2) is 0 Å². The zero-order valence-corrected chi connectivity index (χ0v) is 32.1. The molecule has 0 saturated heterocycles. The highest BCUT2D eigenvalue weighted by atomic mass is 32.3. The molecule has 0 bridgehead atoms. The molecule has 0 fully saturated rings. The van der Waals surface area contributed by atoms with Gasteiger partial charge in [-0.2, -0.15) is 67.3 Å². The van der Waals surface area contributed by atoms with E-state index in [9.17, 15) is 104 Å². The number of benzene rings is 3. The first kappa shape index (κ1) is 43.0. The van der Waals surface area contributed by atoms with Gasteiger partial charge in [-0.1, -0.05) is 24.3 Å². The zero-order chi connectivity index (χ0) is 42.9. The van der Waals surface area contributed by atoms with Gasteiger partial charge in [0.05, 0.1) is 11.0 Å². The summed E-state index contributed by atoms with van der Waals surface area (Å²) in [5.41, 5.74) is -12.4. The molecule has 2 aromatic heterocycles. The van der Waals surface area contributed by atoms with Crippen molar-refractivity contribution in [2.75, 3.05) is 0 Å². The van der Waals surface area contributed by atoms with Gasteiger partial charge in [0.25, 0.3) is 71.0 Å². The molecule has 0 radical (unpaired) electrons. The Morgan fingerprint density at radius 1 is 0.357 bits per heavy atom. The van der Waals surface area contributed by atoms with Crippen LogP contribution in [-0.2, 0) is 80.9 Å². The van der Waals surface area contributed by atoms with Crippen molar-refractivity contribution in [3.63, 3.8) is 0 Å². The predicted molar refractivity (Wildman–Crippen MR) is 175 cm³/mol. The molecule has 0 spiro atoms. The second-order valence-corrected chi connectivity index (χ2v) is 21.4. The number of nitrogens with one attached hydrogen (secondary N) is 2. The Labute approximate surface area is 311 Å². The highest BCUT2D eigenvalue weighted by molar-refractivity contribution is 7.91. The molecule has 0 aliphatic rings. The molecule has 5 rings (SSSR count). The van der Waals surface area contributed by atoms with E-state index in [-0.39, 0.29) is 0 Å². The summed E-state index contributed by atoms with van der Waals surface area (Å²) in [7, 11) is -49.9. The smallest absolute Gasteiger partial charge is 0.326 e. The van der Waals surface area contributed by atoms with Crippen LogP contribution in [0.3, 0.4) is 0 Å². The third-order valence-corrected chi connectivity index (χ3v) is 14.5. The maximum Gasteiger partial charge on any atom is 0.328 e. The SMILES string of the molecule is O=S(=O)(O)c1nc2c(S(=O)(=O)O)c(S(=O)(=O)O)c(S(=O)(=O)O)c(-c3ccccc3-c3c(S(=O)(=O)O)c(S(=O)(=O)O)c(S(=O)(=O)O)c4nc(S(=O)(=O)O)[nH]c34)c2[nH]1. The fourth-order valence-electron chi connectivity index (χ4n) is 5.39. The Bertz CT molecular complexity index is 3310. The van der Waals surface area contributed by atoms with Crippen molar-refractivity contribution in [3.05, 3.63) is 24.3 Å². The van der Waals surface area contributed by atoms with Crippen LogP contribution in [0.25, 0.3) is 44.3 Å². The van der Waals surface area contributed by atoms with E-state index in [1.165, 1.54) is 0 Å². The Balaban J connectivity index is 2.32. The molecule has 0 amide bonds. The molecule has 306 valence electrons. The zero-order valence-electron chi connectivity index (χ0n) is 25.6. The van der Waals surface area contributed by atoms with E-state index in [2.05, 4.69) is 9.97 Å². The summed E-state index contributed by atoms with van der Waals surface area (Å²) < 4.78 is 281. The third kappa shape index (κ3) is 7.40. The molecular formula is C20H14N4O24S8. The van der Waals surface area contributed by atoms with Crippen LogP contribution in [0.15, 0.2) is 64.0 Å². The van der Waals surface area contributed by atoms with Crippen molar-refractivity contribution in [2.45, 2.75) is 39.7 Å². The van der Waals surface area contributed by atoms with E-state index < -0.39 is 165 Å². The Kier molecular flexibility index (Phi) is 9.75. The summed E-state index contributed by atoms with van der Waals surface area (Å²) >= 11 is 0. The number of fused-ring (bicyclic) bond motifs is 2. The van der Waals surface area contributed by atoms with Crippen LogP contribution in [-0.4, -0.2) is 124 Å². The molecule has 28 nitrogen and oxygen atoms in total. The summed E-state index contributed by atoms with van der Waals surface area (Å²) in [6, 6.07) is 2.49. The number of imidazole rings is 2. The van der Waals surface area contributed by atoms with Gasteiger partial charge >= 0.3 is 20.2 Å². The first-order valence-electron chi connectivity index (χ1n) is 13.0. The second-order valence-electron chi connectivity index (χ2n) is 10.6. The monoisotopic (exact) mass is 950 g/mol. The highest BCUT2D eigenvalue weighted by Crippen LogP contribution is 2.50. The predicted octanol–water partition coefficient (Wildman–Crippen LogP) is -1.25. The summed E-state index contributed by atoms with van der Waals surface area (Å²) in [5, 5.41) is -3.63. The van der Waals surface area contributed by atoms with Crippen LogP contribution in [0.5, 0.6) is 0 Å². The Hall–Kier alpha value is -4.12. The van der Waals surface area contributed by atoms with Gasteiger partial charge in [-0.3, -0.25) is 36.4 Å². The van der Waals surface area contributed by atoms with E-state index >= 15 is 0 Å². The lowest BCUT2D eigenvalue weighted by Crippen LogP contribution is -2.18. The molecule has 10 N–H and O–H groups in total. The van der Waals surface area contributed by atoms with E-state index in [0.717, 1.165) is 12.1 Å². The maximum absolute atomic E-state index is 13.0. The summed E-state index contributed by atoms with van der Waals surface area (Å²) in [4.78, 5) is -4.96. The largest absolute Gasteiger partial charge is 0.328 e. The van der Waals surface area contributed by atoms with Crippen molar-refractivity contribution in [1.29, 1.82) is 0 Å². The number of hydrogen-bond donors (Lipinski definition) is 10. The number of aromatic nitrogens is 4. The number of rotatable bonds is 10. The van der Waals surface area contributed by atoms with Crippen LogP contribution in [0, 0.1) is 0 Å². The van der Waals surface area contributed by atoms with Gasteiger partial charge in [-0.25, -0.2) is 9.97 Å². The summed E-state index contributed by atoms with van der Waals surface area (Å²) in [6.45, 7) is 0. The minimum absolute atomic E-state index is 0.483. The quantitative estimate of drug-likeness (QED) is 0.0731. The van der Waals surface area contributed by atoms with Crippen molar-refractivity contribution >= 4 is 103 Å². The van der Waals surface area contributed by atoms with Crippen molar-refractivity contribution < 1.29 is 104 Å². The number of nitrogens with zero attached hydrogens (tertiary/aromatic N) is 2. The van der Waals surface area contributed by atoms with Crippen LogP contribution in [0.2, 0.25) is 0 Å².